The van der Waals surface area contributed by atoms with Gasteiger partial charge in [0.05, 0.1) is 0 Å². The maximum absolute atomic E-state index is 10.8. The van der Waals surface area contributed by atoms with Crippen molar-refractivity contribution in [3.8, 4) is 0 Å². The highest BCUT2D eigenvalue weighted by Crippen LogP contribution is 2.19. The van der Waals surface area contributed by atoms with Crippen LogP contribution in [0.15, 0.2) is 0 Å². The zero-order chi connectivity index (χ0) is 11.6. The summed E-state index contributed by atoms with van der Waals surface area (Å²) in [4.78, 5) is 10.8. The molecule has 0 aliphatic carbocycles. The lowest BCUT2D eigenvalue weighted by molar-refractivity contribution is 0.183. The van der Waals surface area contributed by atoms with Crippen molar-refractivity contribution in [1.29, 1.82) is 0 Å². The minimum atomic E-state index is -0.0805. The molecule has 16 heavy (non-hydrogen) atoms. The first kappa shape index (κ1) is 13.3. The van der Waals surface area contributed by atoms with Crippen LogP contribution in [-0.4, -0.2) is 32.8 Å². The number of urea groups is 1. The number of rotatable bonds is 7. The van der Waals surface area contributed by atoms with Crippen molar-refractivity contribution < 1.29 is 9.53 Å². The van der Waals surface area contributed by atoms with E-state index in [9.17, 15) is 4.79 Å². The Morgan fingerprint density at radius 2 is 2.12 bits per heavy atom. The molecule has 94 valence electrons. The molecule has 1 unspecified atom stereocenters. The van der Waals surface area contributed by atoms with Crippen molar-refractivity contribution in [2.75, 3.05) is 26.8 Å². The summed E-state index contributed by atoms with van der Waals surface area (Å²) in [6, 6.07) is -0.0805. The van der Waals surface area contributed by atoms with Crippen LogP contribution < -0.4 is 10.6 Å². The summed E-state index contributed by atoms with van der Waals surface area (Å²) in [6.45, 7) is 2.71. The maximum Gasteiger partial charge on any atom is 0.314 e. The van der Waals surface area contributed by atoms with Crippen LogP contribution in [0.4, 0.5) is 4.79 Å². The number of hydrogen-bond acceptors (Lipinski definition) is 2. The van der Waals surface area contributed by atoms with E-state index in [1.165, 1.54) is 32.1 Å². The second kappa shape index (κ2) is 8.39. The predicted molar refractivity (Wildman–Crippen MR) is 64.5 cm³/mol. The van der Waals surface area contributed by atoms with Gasteiger partial charge in [-0.05, 0) is 25.2 Å². The summed E-state index contributed by atoms with van der Waals surface area (Å²) in [5.74, 6) is 0.809. The summed E-state index contributed by atoms with van der Waals surface area (Å²) >= 11 is 0. The Morgan fingerprint density at radius 1 is 1.31 bits per heavy atom. The number of unbranched alkanes of at least 4 members (excludes halogenated alkanes) is 3. The van der Waals surface area contributed by atoms with Crippen molar-refractivity contribution in [3.63, 3.8) is 0 Å². The first-order valence-corrected chi connectivity index (χ1v) is 6.36. The van der Waals surface area contributed by atoms with Gasteiger partial charge in [0.15, 0.2) is 0 Å². The van der Waals surface area contributed by atoms with E-state index in [1.807, 2.05) is 0 Å². The van der Waals surface area contributed by atoms with E-state index >= 15 is 0 Å². The van der Waals surface area contributed by atoms with Crippen molar-refractivity contribution in [1.82, 2.24) is 10.6 Å². The number of nitrogens with one attached hydrogen (secondary N) is 2. The van der Waals surface area contributed by atoms with Crippen LogP contribution in [0.5, 0.6) is 0 Å². The van der Waals surface area contributed by atoms with Gasteiger partial charge in [-0.1, -0.05) is 19.3 Å². The van der Waals surface area contributed by atoms with E-state index in [-0.39, 0.29) is 6.03 Å². The average molecular weight is 228 g/mol. The first-order chi connectivity index (χ1) is 7.83. The molecule has 2 amide bonds. The molecule has 1 aliphatic rings. The van der Waals surface area contributed by atoms with Crippen LogP contribution >= 0.6 is 0 Å². The lowest BCUT2D eigenvalue weighted by Crippen LogP contribution is -2.33. The summed E-state index contributed by atoms with van der Waals surface area (Å²) in [5.41, 5.74) is 0. The van der Waals surface area contributed by atoms with E-state index in [0.29, 0.717) is 0 Å². The topological polar surface area (TPSA) is 50.4 Å². The average Bonchev–Trinajstić information content (AvgIpc) is 2.80. The Hall–Kier alpha value is -0.770. The van der Waals surface area contributed by atoms with Crippen LogP contribution in [0.1, 0.15) is 38.5 Å². The standard InChI is InChI=1S/C12H24N2O2/c1-13-12(15)14-8-5-3-2-4-6-11-7-9-16-10-11/h11H,2-10H2,1H3,(H2,13,14,15). The molecule has 1 fully saturated rings. The molecule has 0 radical (unpaired) electrons. The van der Waals surface area contributed by atoms with E-state index in [4.69, 9.17) is 4.74 Å². The molecule has 1 atom stereocenters. The third kappa shape index (κ3) is 5.95. The predicted octanol–water partition coefficient (Wildman–Crippen LogP) is 1.90. The van der Waals surface area contributed by atoms with E-state index in [0.717, 1.165) is 32.1 Å². The first-order valence-electron chi connectivity index (χ1n) is 6.36. The molecule has 1 rings (SSSR count). The third-order valence-electron chi connectivity index (χ3n) is 3.08. The summed E-state index contributed by atoms with van der Waals surface area (Å²) < 4.78 is 5.34. The molecule has 1 aliphatic heterocycles. The quantitative estimate of drug-likeness (QED) is 0.654. The number of carbonyl (C=O) groups is 1. The molecule has 1 heterocycles. The van der Waals surface area contributed by atoms with Gasteiger partial charge >= 0.3 is 6.03 Å². The van der Waals surface area contributed by atoms with Gasteiger partial charge < -0.3 is 15.4 Å². The Kier molecular flexibility index (Phi) is 6.97. The Labute approximate surface area is 98.1 Å². The fourth-order valence-electron chi connectivity index (χ4n) is 2.01. The lowest BCUT2D eigenvalue weighted by Gasteiger charge is -2.07. The highest BCUT2D eigenvalue weighted by atomic mass is 16.5. The van der Waals surface area contributed by atoms with Crippen molar-refractivity contribution in [2.24, 2.45) is 5.92 Å². The van der Waals surface area contributed by atoms with E-state index in [1.54, 1.807) is 7.05 Å². The smallest absolute Gasteiger partial charge is 0.314 e. The fraction of sp³-hybridized carbons (Fsp3) is 0.917. The van der Waals surface area contributed by atoms with Crippen LogP contribution in [0.3, 0.4) is 0 Å². The molecule has 0 aromatic rings. The van der Waals surface area contributed by atoms with Crippen LogP contribution in [0, 0.1) is 5.92 Å². The van der Waals surface area contributed by atoms with Crippen molar-refractivity contribution in [3.05, 3.63) is 0 Å². The minimum Gasteiger partial charge on any atom is -0.381 e. The molecule has 4 nitrogen and oxygen atoms in total. The molecule has 0 aromatic carbocycles. The van der Waals surface area contributed by atoms with Gasteiger partial charge in [-0.15, -0.1) is 0 Å². The van der Waals surface area contributed by atoms with Gasteiger partial charge in [-0.2, -0.15) is 0 Å². The SMILES string of the molecule is CNC(=O)NCCCCCCC1CCOC1. The minimum absolute atomic E-state index is 0.0805. The second-order valence-corrected chi connectivity index (χ2v) is 4.44. The van der Waals surface area contributed by atoms with E-state index < -0.39 is 0 Å². The molecule has 1 saturated heterocycles. The summed E-state index contributed by atoms with van der Waals surface area (Å²) in [5, 5.41) is 5.33. The number of carbonyl (C=O) groups excluding carboxylic acids is 1. The highest BCUT2D eigenvalue weighted by molar-refractivity contribution is 5.73. The van der Waals surface area contributed by atoms with Crippen LogP contribution in [0.2, 0.25) is 0 Å². The Balaban J connectivity index is 1.79. The molecular formula is C12H24N2O2. The van der Waals surface area contributed by atoms with E-state index in [2.05, 4.69) is 10.6 Å². The normalized spacial score (nSPS) is 19.7. The molecule has 4 heteroatoms. The lowest BCUT2D eigenvalue weighted by atomic mass is 10.0. The zero-order valence-corrected chi connectivity index (χ0v) is 10.3. The van der Waals surface area contributed by atoms with Gasteiger partial charge in [-0.25, -0.2) is 4.79 Å². The maximum atomic E-state index is 10.8. The van der Waals surface area contributed by atoms with Gasteiger partial charge in [0.25, 0.3) is 0 Å². The Bertz CT molecular complexity index is 191. The molecule has 0 bridgehead atoms. The van der Waals surface area contributed by atoms with Gasteiger partial charge in [0, 0.05) is 26.8 Å². The number of hydrogen-bond donors (Lipinski definition) is 2. The largest absolute Gasteiger partial charge is 0.381 e. The molecular weight excluding hydrogens is 204 g/mol. The van der Waals surface area contributed by atoms with Crippen molar-refractivity contribution >= 4 is 6.03 Å². The Morgan fingerprint density at radius 3 is 2.81 bits per heavy atom. The summed E-state index contributed by atoms with van der Waals surface area (Å²) in [6.07, 6.45) is 7.41. The molecule has 0 saturated carbocycles. The van der Waals surface area contributed by atoms with Gasteiger partial charge in [0.2, 0.25) is 0 Å². The van der Waals surface area contributed by atoms with Crippen LogP contribution in [0.25, 0.3) is 0 Å². The highest BCUT2D eigenvalue weighted by Gasteiger charge is 2.14. The molecule has 0 aromatic heterocycles. The van der Waals surface area contributed by atoms with Crippen molar-refractivity contribution in [2.45, 2.75) is 38.5 Å². The molecule has 0 spiro atoms. The number of ether oxygens (including phenoxy) is 1. The zero-order valence-electron chi connectivity index (χ0n) is 10.3. The fourth-order valence-corrected chi connectivity index (χ4v) is 2.01. The molecule has 2 N–H and O–H groups in total. The summed E-state index contributed by atoms with van der Waals surface area (Å²) in [7, 11) is 1.64. The van der Waals surface area contributed by atoms with Gasteiger partial charge in [-0.3, -0.25) is 0 Å². The number of amides is 2. The van der Waals surface area contributed by atoms with Gasteiger partial charge in [0.1, 0.15) is 0 Å². The third-order valence-corrected chi connectivity index (χ3v) is 3.08. The second-order valence-electron chi connectivity index (χ2n) is 4.44. The van der Waals surface area contributed by atoms with Crippen LogP contribution in [-0.2, 0) is 4.74 Å². The monoisotopic (exact) mass is 228 g/mol.